The zero-order valence-electron chi connectivity index (χ0n) is 19.5. The lowest BCUT2D eigenvalue weighted by molar-refractivity contribution is 0.00854. The normalized spacial score (nSPS) is 17.1. The monoisotopic (exact) mass is 486 g/mol. The number of likely N-dealkylation sites (tertiary alicyclic amines) is 1. The predicted molar refractivity (Wildman–Crippen MR) is 135 cm³/mol. The number of amides is 2. The van der Waals surface area contributed by atoms with Crippen molar-refractivity contribution in [3.63, 3.8) is 0 Å². The number of aromatic nitrogens is 3. The van der Waals surface area contributed by atoms with Crippen molar-refractivity contribution in [1.29, 1.82) is 0 Å². The molecule has 0 bridgehead atoms. The second-order valence-electron chi connectivity index (χ2n) is 9.13. The van der Waals surface area contributed by atoms with Gasteiger partial charge in [0.25, 0.3) is 11.8 Å². The second-order valence-corrected chi connectivity index (χ2v) is 10.0. The lowest BCUT2D eigenvalue weighted by Crippen LogP contribution is -2.64. The molecule has 35 heavy (non-hydrogen) atoms. The predicted octanol–water partition coefficient (Wildman–Crippen LogP) is 3.07. The molecule has 0 radical (unpaired) electrons. The molecule has 0 N–H and O–H groups in total. The number of piperazine rings is 1. The molecule has 2 amide bonds. The molecule has 4 aromatic rings. The minimum Gasteiger partial charge on any atom is -0.335 e. The third kappa shape index (κ3) is 4.11. The van der Waals surface area contributed by atoms with Gasteiger partial charge >= 0.3 is 0 Å². The van der Waals surface area contributed by atoms with Gasteiger partial charge in [-0.1, -0.05) is 6.07 Å². The van der Waals surface area contributed by atoms with Crippen molar-refractivity contribution in [1.82, 2.24) is 29.2 Å². The first-order valence-electron chi connectivity index (χ1n) is 11.8. The zero-order valence-corrected chi connectivity index (χ0v) is 20.3. The molecule has 2 aliphatic heterocycles. The number of thiazole rings is 1. The van der Waals surface area contributed by atoms with Crippen LogP contribution in [0.5, 0.6) is 0 Å². The highest BCUT2D eigenvalue weighted by Crippen LogP contribution is 2.24. The fourth-order valence-corrected chi connectivity index (χ4v) is 5.53. The van der Waals surface area contributed by atoms with Gasteiger partial charge in [0.1, 0.15) is 5.82 Å². The van der Waals surface area contributed by atoms with Crippen LogP contribution in [0.1, 0.15) is 25.9 Å². The number of fused-ring (bicyclic) bond motifs is 1. The van der Waals surface area contributed by atoms with Crippen molar-refractivity contribution >= 4 is 34.1 Å². The molecule has 3 aromatic heterocycles. The highest BCUT2D eigenvalue weighted by molar-refractivity contribution is 7.11. The summed E-state index contributed by atoms with van der Waals surface area (Å²) in [6.45, 7) is 6.50. The molecule has 9 heteroatoms. The van der Waals surface area contributed by atoms with E-state index in [1.807, 2.05) is 70.8 Å². The van der Waals surface area contributed by atoms with Crippen LogP contribution in [0.4, 0.5) is 0 Å². The Bertz CT molecular complexity index is 1380. The Morgan fingerprint density at radius 3 is 2.54 bits per heavy atom. The van der Waals surface area contributed by atoms with Crippen molar-refractivity contribution in [2.24, 2.45) is 0 Å². The summed E-state index contributed by atoms with van der Waals surface area (Å²) in [7, 11) is 0. The number of hydrogen-bond acceptors (Lipinski definition) is 6. The SMILES string of the molecule is Cc1cccc(-n2ccc3cc(C(=O)N4CC(N5CCN(C(=O)c6nccs6)CC5)C4)ccc32)n1. The lowest BCUT2D eigenvalue weighted by atomic mass is 10.0. The molecular weight excluding hydrogens is 460 g/mol. The van der Waals surface area contributed by atoms with E-state index in [1.54, 1.807) is 6.20 Å². The van der Waals surface area contributed by atoms with E-state index in [0.29, 0.717) is 29.7 Å². The van der Waals surface area contributed by atoms with Gasteiger partial charge in [-0.05, 0) is 43.3 Å². The maximum absolute atomic E-state index is 13.1. The molecule has 2 aliphatic rings. The van der Waals surface area contributed by atoms with Crippen LogP contribution < -0.4 is 0 Å². The second kappa shape index (κ2) is 8.90. The van der Waals surface area contributed by atoms with Gasteiger partial charge in [0.2, 0.25) is 0 Å². The van der Waals surface area contributed by atoms with Crippen LogP contribution in [0.3, 0.4) is 0 Å². The molecule has 5 heterocycles. The topological polar surface area (TPSA) is 74.6 Å². The average molecular weight is 487 g/mol. The van der Waals surface area contributed by atoms with Crippen LogP contribution >= 0.6 is 11.3 Å². The molecule has 0 unspecified atom stereocenters. The highest BCUT2D eigenvalue weighted by atomic mass is 32.1. The van der Waals surface area contributed by atoms with Crippen LogP contribution in [-0.4, -0.2) is 86.4 Å². The number of aryl methyl sites for hydroxylation is 1. The maximum Gasteiger partial charge on any atom is 0.282 e. The Labute approximate surface area is 207 Å². The molecule has 2 saturated heterocycles. The van der Waals surface area contributed by atoms with E-state index in [4.69, 9.17) is 0 Å². The Balaban J connectivity index is 1.07. The molecular formula is C26H26N6O2S. The summed E-state index contributed by atoms with van der Waals surface area (Å²) in [5.41, 5.74) is 2.71. The van der Waals surface area contributed by atoms with E-state index in [0.717, 1.165) is 48.6 Å². The average Bonchev–Trinajstić information content (AvgIpc) is 3.53. The van der Waals surface area contributed by atoms with Gasteiger partial charge in [0, 0.05) is 79.7 Å². The van der Waals surface area contributed by atoms with Gasteiger partial charge in [0.05, 0.1) is 5.52 Å². The lowest BCUT2D eigenvalue weighted by Gasteiger charge is -2.48. The van der Waals surface area contributed by atoms with E-state index in [9.17, 15) is 9.59 Å². The first-order chi connectivity index (χ1) is 17.1. The molecule has 2 fully saturated rings. The molecule has 1 aromatic carbocycles. The Morgan fingerprint density at radius 1 is 0.971 bits per heavy atom. The van der Waals surface area contributed by atoms with Crippen molar-refractivity contribution < 1.29 is 9.59 Å². The Hall–Kier alpha value is -3.56. The number of hydrogen-bond donors (Lipinski definition) is 0. The molecule has 8 nitrogen and oxygen atoms in total. The largest absolute Gasteiger partial charge is 0.335 e. The van der Waals surface area contributed by atoms with Gasteiger partial charge in [0.15, 0.2) is 5.01 Å². The van der Waals surface area contributed by atoms with Crippen LogP contribution in [0.25, 0.3) is 16.7 Å². The third-order valence-electron chi connectivity index (χ3n) is 6.94. The van der Waals surface area contributed by atoms with E-state index in [-0.39, 0.29) is 11.8 Å². The molecule has 178 valence electrons. The van der Waals surface area contributed by atoms with Gasteiger partial charge in [-0.3, -0.25) is 14.5 Å². The van der Waals surface area contributed by atoms with Gasteiger partial charge in [-0.15, -0.1) is 11.3 Å². The van der Waals surface area contributed by atoms with Crippen LogP contribution in [0.2, 0.25) is 0 Å². The fraction of sp³-hybridized carbons (Fsp3) is 0.308. The van der Waals surface area contributed by atoms with Crippen molar-refractivity contribution in [2.45, 2.75) is 13.0 Å². The number of benzene rings is 1. The number of rotatable bonds is 4. The number of pyridine rings is 1. The minimum atomic E-state index is 0.0208. The van der Waals surface area contributed by atoms with Crippen molar-refractivity contribution in [3.05, 3.63) is 76.5 Å². The standard InChI is InChI=1S/C26H26N6O2S/c1-18-3-2-4-23(28-18)32-9-7-19-15-20(5-6-22(19)32)25(33)31-16-21(17-31)29-10-12-30(13-11-29)26(34)24-27-8-14-35-24/h2-9,14-15,21H,10-13,16-17H2,1H3. The van der Waals surface area contributed by atoms with Crippen LogP contribution in [0.15, 0.2) is 60.2 Å². The van der Waals surface area contributed by atoms with Gasteiger partial charge < -0.3 is 14.4 Å². The summed E-state index contributed by atoms with van der Waals surface area (Å²) in [6.07, 6.45) is 3.67. The first-order valence-corrected chi connectivity index (χ1v) is 12.7. The molecule has 0 spiro atoms. The number of nitrogens with zero attached hydrogens (tertiary/aromatic N) is 6. The summed E-state index contributed by atoms with van der Waals surface area (Å²) in [4.78, 5) is 40.6. The Morgan fingerprint density at radius 2 is 1.80 bits per heavy atom. The Kier molecular flexibility index (Phi) is 5.58. The van der Waals surface area contributed by atoms with E-state index in [2.05, 4.69) is 19.4 Å². The smallest absolute Gasteiger partial charge is 0.282 e. The van der Waals surface area contributed by atoms with E-state index >= 15 is 0 Å². The minimum absolute atomic E-state index is 0.0208. The molecule has 0 aliphatic carbocycles. The number of carbonyl (C=O) groups excluding carboxylic acids is 2. The van der Waals surface area contributed by atoms with Crippen molar-refractivity contribution in [3.8, 4) is 5.82 Å². The fourth-order valence-electron chi connectivity index (χ4n) is 4.93. The highest BCUT2D eigenvalue weighted by Gasteiger charge is 2.37. The van der Waals surface area contributed by atoms with E-state index in [1.165, 1.54) is 11.3 Å². The summed E-state index contributed by atoms with van der Waals surface area (Å²) in [6, 6.07) is 14.2. The quantitative estimate of drug-likeness (QED) is 0.443. The summed E-state index contributed by atoms with van der Waals surface area (Å²) >= 11 is 1.39. The molecule has 0 saturated carbocycles. The molecule has 6 rings (SSSR count). The number of carbonyl (C=O) groups is 2. The van der Waals surface area contributed by atoms with Gasteiger partial charge in [-0.2, -0.15) is 0 Å². The van der Waals surface area contributed by atoms with Gasteiger partial charge in [-0.25, -0.2) is 9.97 Å². The van der Waals surface area contributed by atoms with Crippen LogP contribution in [0, 0.1) is 6.92 Å². The third-order valence-corrected chi connectivity index (χ3v) is 7.70. The van der Waals surface area contributed by atoms with Crippen molar-refractivity contribution in [2.75, 3.05) is 39.3 Å². The summed E-state index contributed by atoms with van der Waals surface area (Å²) < 4.78 is 2.05. The summed E-state index contributed by atoms with van der Waals surface area (Å²) in [5.74, 6) is 0.966. The summed E-state index contributed by atoms with van der Waals surface area (Å²) in [5, 5.41) is 3.41. The first kappa shape index (κ1) is 21.9. The maximum atomic E-state index is 13.1. The van der Waals surface area contributed by atoms with E-state index < -0.39 is 0 Å². The van der Waals surface area contributed by atoms with Crippen LogP contribution in [-0.2, 0) is 0 Å². The molecule has 0 atom stereocenters. The zero-order chi connectivity index (χ0) is 23.9.